The van der Waals surface area contributed by atoms with Crippen molar-refractivity contribution < 1.29 is 4.74 Å². The maximum Gasteiger partial charge on any atom is 0.214 e. The second kappa shape index (κ2) is 3.93. The number of hydrogen-bond donors (Lipinski definition) is 0. The molecule has 0 unspecified atom stereocenters. The molecule has 4 heteroatoms. The summed E-state index contributed by atoms with van der Waals surface area (Å²) < 4.78 is 4.88. The number of rotatable bonds is 2. The lowest BCUT2D eigenvalue weighted by Gasteiger charge is -2.00. The minimum atomic E-state index is 0.284. The van der Waals surface area contributed by atoms with Crippen molar-refractivity contribution in [2.75, 3.05) is 7.11 Å². The van der Waals surface area contributed by atoms with E-state index in [-0.39, 0.29) is 5.88 Å². The van der Waals surface area contributed by atoms with Crippen LogP contribution in [-0.4, -0.2) is 12.1 Å². The highest BCUT2D eigenvalue weighted by Crippen LogP contribution is 2.12. The van der Waals surface area contributed by atoms with Gasteiger partial charge in [0, 0.05) is 6.07 Å². The van der Waals surface area contributed by atoms with Gasteiger partial charge in [-0.3, -0.25) is 0 Å². The zero-order valence-electron chi connectivity index (χ0n) is 6.54. The number of alkyl halides is 1. The van der Waals surface area contributed by atoms with Gasteiger partial charge >= 0.3 is 0 Å². The number of nitriles is 1. The molecule has 0 aromatic carbocycles. The summed E-state index contributed by atoms with van der Waals surface area (Å²) in [6, 6.07) is 5.20. The zero-order valence-corrected chi connectivity index (χ0v) is 7.30. The topological polar surface area (TPSA) is 45.9 Å². The molecule has 0 spiro atoms. The Kier molecular flexibility index (Phi) is 2.89. The molecular weight excluding hydrogens is 176 g/mol. The van der Waals surface area contributed by atoms with Gasteiger partial charge in [-0.15, -0.1) is 11.6 Å². The minimum absolute atomic E-state index is 0.284. The molecule has 0 amide bonds. The lowest BCUT2D eigenvalue weighted by atomic mass is 10.2. The Hall–Kier alpha value is -1.27. The average Bonchev–Trinajstić information content (AvgIpc) is 2.16. The Morgan fingerprint density at radius 2 is 2.42 bits per heavy atom. The van der Waals surface area contributed by atoms with Gasteiger partial charge in [0.15, 0.2) is 0 Å². The molecule has 0 fully saturated rings. The van der Waals surface area contributed by atoms with Crippen LogP contribution in [0.2, 0.25) is 0 Å². The maximum atomic E-state index is 8.60. The van der Waals surface area contributed by atoms with Gasteiger partial charge < -0.3 is 4.74 Å². The molecule has 1 heterocycles. The van der Waals surface area contributed by atoms with Crippen molar-refractivity contribution in [3.63, 3.8) is 0 Å². The minimum Gasteiger partial charge on any atom is -0.481 e. The van der Waals surface area contributed by atoms with Crippen LogP contribution < -0.4 is 4.74 Å². The first-order chi connectivity index (χ1) is 5.80. The average molecular weight is 183 g/mol. The number of methoxy groups -OCH3 is 1. The predicted molar refractivity (Wildman–Crippen MR) is 45.1 cm³/mol. The lowest BCUT2D eigenvalue weighted by molar-refractivity contribution is 0.396. The third kappa shape index (κ3) is 1.86. The molecule has 1 rings (SSSR count). The summed E-state index contributed by atoms with van der Waals surface area (Å²) in [6.45, 7) is 0. The summed E-state index contributed by atoms with van der Waals surface area (Å²) in [6.07, 6.45) is 0. The second-order valence-electron chi connectivity index (χ2n) is 2.13. The molecule has 0 saturated heterocycles. The number of halogens is 1. The SMILES string of the molecule is COc1cc(C#N)cc(CCl)n1. The van der Waals surface area contributed by atoms with Crippen molar-refractivity contribution in [2.45, 2.75) is 5.88 Å². The van der Waals surface area contributed by atoms with Gasteiger partial charge in [-0.05, 0) is 6.07 Å². The fourth-order valence-corrected chi connectivity index (χ4v) is 0.935. The molecule has 1 aromatic heterocycles. The van der Waals surface area contributed by atoms with Gasteiger partial charge in [0.25, 0.3) is 0 Å². The van der Waals surface area contributed by atoms with E-state index in [4.69, 9.17) is 21.6 Å². The van der Waals surface area contributed by atoms with E-state index in [0.717, 1.165) is 0 Å². The number of nitrogens with zero attached hydrogens (tertiary/aromatic N) is 2. The first-order valence-electron chi connectivity index (χ1n) is 3.31. The van der Waals surface area contributed by atoms with E-state index < -0.39 is 0 Å². The first-order valence-corrected chi connectivity index (χ1v) is 3.84. The normalized spacial score (nSPS) is 9.08. The Labute approximate surface area is 75.6 Å². The van der Waals surface area contributed by atoms with Gasteiger partial charge in [0.05, 0.1) is 30.3 Å². The van der Waals surface area contributed by atoms with Crippen LogP contribution in [0.4, 0.5) is 0 Å². The van der Waals surface area contributed by atoms with Gasteiger partial charge in [-0.2, -0.15) is 5.26 Å². The monoisotopic (exact) mass is 182 g/mol. The van der Waals surface area contributed by atoms with Crippen LogP contribution in [0, 0.1) is 11.3 Å². The van der Waals surface area contributed by atoms with Crippen molar-refractivity contribution in [3.8, 4) is 11.9 Å². The zero-order chi connectivity index (χ0) is 8.97. The van der Waals surface area contributed by atoms with E-state index in [1.807, 2.05) is 6.07 Å². The molecule has 62 valence electrons. The summed E-state index contributed by atoms with van der Waals surface area (Å²) in [5, 5.41) is 8.60. The summed E-state index contributed by atoms with van der Waals surface area (Å²) in [4.78, 5) is 4.01. The second-order valence-corrected chi connectivity index (χ2v) is 2.40. The largest absolute Gasteiger partial charge is 0.481 e. The van der Waals surface area contributed by atoms with Crippen molar-refractivity contribution in [1.82, 2.24) is 4.98 Å². The highest BCUT2D eigenvalue weighted by atomic mass is 35.5. The number of hydrogen-bond acceptors (Lipinski definition) is 3. The Balaban J connectivity index is 3.12. The quantitative estimate of drug-likeness (QED) is 0.654. The van der Waals surface area contributed by atoms with E-state index in [0.29, 0.717) is 17.1 Å². The van der Waals surface area contributed by atoms with Gasteiger partial charge in [-0.25, -0.2) is 4.98 Å². The van der Waals surface area contributed by atoms with E-state index in [1.165, 1.54) is 7.11 Å². The van der Waals surface area contributed by atoms with Crippen molar-refractivity contribution in [1.29, 1.82) is 5.26 Å². The maximum absolute atomic E-state index is 8.60. The Morgan fingerprint density at radius 3 is 2.92 bits per heavy atom. The van der Waals surface area contributed by atoms with E-state index >= 15 is 0 Å². The van der Waals surface area contributed by atoms with E-state index in [9.17, 15) is 0 Å². The first kappa shape index (κ1) is 8.82. The molecule has 3 nitrogen and oxygen atoms in total. The van der Waals surface area contributed by atoms with Crippen LogP contribution in [-0.2, 0) is 5.88 Å². The molecule has 0 N–H and O–H groups in total. The molecule has 12 heavy (non-hydrogen) atoms. The molecule has 0 aliphatic rings. The Bertz CT molecular complexity index is 297. The van der Waals surface area contributed by atoms with Gasteiger partial charge in [-0.1, -0.05) is 0 Å². The fourth-order valence-electron chi connectivity index (χ4n) is 0.798. The van der Waals surface area contributed by atoms with Crippen molar-refractivity contribution in [2.24, 2.45) is 0 Å². The summed E-state index contributed by atoms with van der Waals surface area (Å²) >= 11 is 5.56. The van der Waals surface area contributed by atoms with E-state index in [2.05, 4.69) is 4.98 Å². The third-order valence-corrected chi connectivity index (χ3v) is 1.60. The molecule has 0 atom stereocenters. The molecule has 0 aliphatic heterocycles. The molecule has 0 bridgehead atoms. The summed E-state index contributed by atoms with van der Waals surface area (Å²) in [5.74, 6) is 0.705. The lowest BCUT2D eigenvalue weighted by Crippen LogP contribution is -1.93. The van der Waals surface area contributed by atoms with Gasteiger partial charge in [0.1, 0.15) is 0 Å². The molecule has 0 saturated carbocycles. The molecule has 0 aliphatic carbocycles. The van der Waals surface area contributed by atoms with Crippen molar-refractivity contribution >= 4 is 11.6 Å². The Morgan fingerprint density at radius 1 is 1.67 bits per heavy atom. The standard InChI is InChI=1S/C8H7ClN2O/c1-12-8-3-6(5-10)2-7(4-9)11-8/h2-3H,4H2,1H3. The number of ether oxygens (including phenoxy) is 1. The molecule has 0 radical (unpaired) electrons. The summed E-state index contributed by atoms with van der Waals surface area (Å²) in [7, 11) is 1.50. The smallest absolute Gasteiger partial charge is 0.214 e. The van der Waals surface area contributed by atoms with Crippen LogP contribution in [0.3, 0.4) is 0 Å². The molecule has 1 aromatic rings. The highest BCUT2D eigenvalue weighted by molar-refractivity contribution is 6.16. The van der Waals surface area contributed by atoms with Crippen LogP contribution >= 0.6 is 11.6 Å². The van der Waals surface area contributed by atoms with Crippen molar-refractivity contribution in [3.05, 3.63) is 23.4 Å². The predicted octanol–water partition coefficient (Wildman–Crippen LogP) is 1.70. The fraction of sp³-hybridized carbons (Fsp3) is 0.250. The summed E-state index contributed by atoms with van der Waals surface area (Å²) in [5.41, 5.74) is 1.16. The van der Waals surface area contributed by atoms with Crippen LogP contribution in [0.25, 0.3) is 0 Å². The van der Waals surface area contributed by atoms with Crippen LogP contribution in [0.15, 0.2) is 12.1 Å². The number of pyridine rings is 1. The van der Waals surface area contributed by atoms with Gasteiger partial charge in [0.2, 0.25) is 5.88 Å². The third-order valence-electron chi connectivity index (χ3n) is 1.33. The highest BCUT2D eigenvalue weighted by Gasteiger charge is 2.00. The van der Waals surface area contributed by atoms with E-state index in [1.54, 1.807) is 12.1 Å². The number of aromatic nitrogens is 1. The van der Waals surface area contributed by atoms with Crippen LogP contribution in [0.5, 0.6) is 5.88 Å². The molecular formula is C8H7ClN2O. The van der Waals surface area contributed by atoms with Crippen LogP contribution in [0.1, 0.15) is 11.3 Å².